The number of halogens is 2. The molecule has 2 aromatic rings. The number of carbonyl (C=O) groups excluding carboxylic acids is 2. The smallest absolute Gasteiger partial charge is 0.340 e. The molecule has 0 aliphatic rings. The first-order valence-electron chi connectivity index (χ1n) is 8.49. The van der Waals surface area contributed by atoms with Gasteiger partial charge in [0.05, 0.1) is 18.2 Å². The lowest BCUT2D eigenvalue weighted by atomic mass is 10.1. The molecule has 6 nitrogen and oxygen atoms in total. The molecule has 0 saturated carbocycles. The van der Waals surface area contributed by atoms with Crippen LogP contribution in [0, 0.1) is 25.5 Å². The Hall–Kier alpha value is -2.90. The van der Waals surface area contributed by atoms with Crippen LogP contribution in [0.3, 0.4) is 0 Å². The van der Waals surface area contributed by atoms with Crippen molar-refractivity contribution >= 4 is 11.9 Å². The molecule has 2 rings (SSSR count). The molecule has 0 spiro atoms. The standard InChI is InChI=1S/C19H22F2N2O4/c1-5-26-19(25)16-11(3)17(23-12(16)4)18(24)22-10(2)9-27-15-7-6-13(20)8-14(15)21/h6-8,10,23H,5,9H2,1-4H3,(H,22,24). The second-order valence-corrected chi connectivity index (χ2v) is 6.11. The average molecular weight is 380 g/mol. The number of amides is 1. The molecule has 0 aliphatic carbocycles. The van der Waals surface area contributed by atoms with E-state index >= 15 is 0 Å². The summed E-state index contributed by atoms with van der Waals surface area (Å²) in [6.45, 7) is 6.93. The number of rotatable bonds is 7. The molecular formula is C19H22F2N2O4. The molecule has 8 heteroatoms. The Morgan fingerprint density at radius 1 is 1.26 bits per heavy atom. The predicted octanol–water partition coefficient (Wildman–Crippen LogP) is 3.28. The molecule has 2 N–H and O–H groups in total. The van der Waals surface area contributed by atoms with Gasteiger partial charge >= 0.3 is 5.97 Å². The summed E-state index contributed by atoms with van der Waals surface area (Å²) in [5.74, 6) is -2.54. The van der Waals surface area contributed by atoms with Crippen molar-refractivity contribution in [3.05, 3.63) is 52.3 Å². The minimum atomic E-state index is -0.816. The quantitative estimate of drug-likeness (QED) is 0.723. The van der Waals surface area contributed by atoms with Crippen LogP contribution in [-0.4, -0.2) is 36.1 Å². The van der Waals surface area contributed by atoms with Crippen LogP contribution in [0.25, 0.3) is 0 Å². The first-order chi connectivity index (χ1) is 12.7. The zero-order valence-corrected chi connectivity index (χ0v) is 15.6. The van der Waals surface area contributed by atoms with Gasteiger partial charge in [-0.25, -0.2) is 13.6 Å². The average Bonchev–Trinajstić information content (AvgIpc) is 2.89. The summed E-state index contributed by atoms with van der Waals surface area (Å²) in [6, 6.07) is 2.53. The Labute approximate surface area is 155 Å². The van der Waals surface area contributed by atoms with Crippen LogP contribution in [0.15, 0.2) is 18.2 Å². The summed E-state index contributed by atoms with van der Waals surface area (Å²) in [4.78, 5) is 27.4. The van der Waals surface area contributed by atoms with Gasteiger partial charge in [-0.2, -0.15) is 0 Å². The molecule has 0 aliphatic heterocycles. The van der Waals surface area contributed by atoms with Crippen LogP contribution in [0.5, 0.6) is 5.75 Å². The normalized spacial score (nSPS) is 11.8. The minimum absolute atomic E-state index is 0.0161. The zero-order chi connectivity index (χ0) is 20.1. The van der Waals surface area contributed by atoms with Crippen molar-refractivity contribution in [2.75, 3.05) is 13.2 Å². The number of hydrogen-bond acceptors (Lipinski definition) is 4. The SMILES string of the molecule is CCOC(=O)c1c(C)[nH]c(C(=O)NC(C)COc2ccc(F)cc2F)c1C. The highest BCUT2D eigenvalue weighted by atomic mass is 19.1. The number of benzene rings is 1. The largest absolute Gasteiger partial charge is 0.488 e. The number of hydrogen-bond donors (Lipinski definition) is 2. The molecule has 1 unspecified atom stereocenters. The van der Waals surface area contributed by atoms with Crippen LogP contribution in [0.4, 0.5) is 8.78 Å². The van der Waals surface area contributed by atoms with Gasteiger partial charge in [-0.15, -0.1) is 0 Å². The Morgan fingerprint density at radius 3 is 2.59 bits per heavy atom. The highest BCUT2D eigenvalue weighted by Gasteiger charge is 2.23. The number of aromatic nitrogens is 1. The lowest BCUT2D eigenvalue weighted by Crippen LogP contribution is -2.37. The Bertz CT molecular complexity index is 848. The molecule has 0 fully saturated rings. The molecule has 146 valence electrons. The van der Waals surface area contributed by atoms with Gasteiger partial charge in [-0.05, 0) is 45.4 Å². The number of nitrogens with one attached hydrogen (secondary N) is 2. The van der Waals surface area contributed by atoms with E-state index < -0.39 is 29.6 Å². The lowest BCUT2D eigenvalue weighted by Gasteiger charge is -2.15. The first-order valence-corrected chi connectivity index (χ1v) is 8.49. The van der Waals surface area contributed by atoms with E-state index in [1.807, 2.05) is 0 Å². The predicted molar refractivity (Wildman–Crippen MR) is 95.0 cm³/mol. The Balaban J connectivity index is 2.02. The molecule has 0 radical (unpaired) electrons. The monoisotopic (exact) mass is 380 g/mol. The van der Waals surface area contributed by atoms with E-state index in [2.05, 4.69) is 10.3 Å². The summed E-state index contributed by atoms with van der Waals surface area (Å²) in [5, 5.41) is 2.71. The second-order valence-electron chi connectivity index (χ2n) is 6.11. The number of ether oxygens (including phenoxy) is 2. The zero-order valence-electron chi connectivity index (χ0n) is 15.6. The third kappa shape index (κ3) is 4.84. The van der Waals surface area contributed by atoms with Crippen molar-refractivity contribution in [1.29, 1.82) is 0 Å². The summed E-state index contributed by atoms with van der Waals surface area (Å²) >= 11 is 0. The molecule has 1 atom stereocenters. The number of aryl methyl sites for hydroxylation is 1. The van der Waals surface area contributed by atoms with Crippen molar-refractivity contribution in [2.45, 2.75) is 33.7 Å². The van der Waals surface area contributed by atoms with Gasteiger partial charge in [-0.1, -0.05) is 0 Å². The van der Waals surface area contributed by atoms with E-state index in [-0.39, 0.29) is 24.7 Å². The fourth-order valence-corrected chi connectivity index (χ4v) is 2.63. The van der Waals surface area contributed by atoms with Gasteiger partial charge in [-0.3, -0.25) is 4.79 Å². The van der Waals surface area contributed by atoms with E-state index in [0.29, 0.717) is 16.8 Å². The van der Waals surface area contributed by atoms with E-state index in [1.54, 1.807) is 27.7 Å². The van der Waals surface area contributed by atoms with Gasteiger partial charge in [0, 0.05) is 11.8 Å². The molecule has 27 heavy (non-hydrogen) atoms. The minimum Gasteiger partial charge on any atom is -0.488 e. The van der Waals surface area contributed by atoms with Crippen molar-refractivity contribution in [1.82, 2.24) is 10.3 Å². The van der Waals surface area contributed by atoms with Gasteiger partial charge in [0.15, 0.2) is 11.6 Å². The van der Waals surface area contributed by atoms with Crippen LogP contribution < -0.4 is 10.1 Å². The topological polar surface area (TPSA) is 80.4 Å². The van der Waals surface area contributed by atoms with Gasteiger partial charge in [0.1, 0.15) is 18.1 Å². The summed E-state index contributed by atoms with van der Waals surface area (Å²) in [6.07, 6.45) is 0. The number of aromatic amines is 1. The summed E-state index contributed by atoms with van der Waals surface area (Å²) in [7, 11) is 0. The Kier molecular flexibility index (Phi) is 6.55. The molecule has 1 aromatic carbocycles. The third-order valence-corrected chi connectivity index (χ3v) is 3.90. The van der Waals surface area contributed by atoms with Crippen LogP contribution in [-0.2, 0) is 4.74 Å². The van der Waals surface area contributed by atoms with E-state index in [1.165, 1.54) is 6.07 Å². The number of H-pyrrole nitrogens is 1. The molecular weight excluding hydrogens is 358 g/mol. The van der Waals surface area contributed by atoms with Crippen LogP contribution in [0.2, 0.25) is 0 Å². The lowest BCUT2D eigenvalue weighted by molar-refractivity contribution is 0.0525. The molecule has 1 aromatic heterocycles. The third-order valence-electron chi connectivity index (χ3n) is 3.90. The molecule has 1 heterocycles. The highest BCUT2D eigenvalue weighted by molar-refractivity contribution is 6.00. The van der Waals surface area contributed by atoms with Crippen LogP contribution >= 0.6 is 0 Å². The van der Waals surface area contributed by atoms with Crippen molar-refractivity contribution < 1.29 is 27.8 Å². The van der Waals surface area contributed by atoms with E-state index in [0.717, 1.165) is 12.1 Å². The Morgan fingerprint density at radius 2 is 1.96 bits per heavy atom. The summed E-state index contributed by atoms with van der Waals surface area (Å²) < 4.78 is 36.7. The number of esters is 1. The van der Waals surface area contributed by atoms with Crippen LogP contribution in [0.1, 0.15) is 46.0 Å². The van der Waals surface area contributed by atoms with E-state index in [4.69, 9.17) is 9.47 Å². The van der Waals surface area contributed by atoms with E-state index in [9.17, 15) is 18.4 Å². The molecule has 0 bridgehead atoms. The van der Waals surface area contributed by atoms with Crippen molar-refractivity contribution in [3.8, 4) is 5.75 Å². The van der Waals surface area contributed by atoms with Crippen molar-refractivity contribution in [3.63, 3.8) is 0 Å². The first kappa shape index (κ1) is 20.4. The maximum absolute atomic E-state index is 13.6. The second kappa shape index (κ2) is 8.66. The maximum atomic E-state index is 13.6. The number of carbonyl (C=O) groups is 2. The van der Waals surface area contributed by atoms with Gasteiger partial charge < -0.3 is 19.8 Å². The molecule has 0 saturated heterocycles. The fraction of sp³-hybridized carbons (Fsp3) is 0.368. The van der Waals surface area contributed by atoms with Crippen molar-refractivity contribution in [2.24, 2.45) is 0 Å². The van der Waals surface area contributed by atoms with Gasteiger partial charge in [0.25, 0.3) is 5.91 Å². The highest BCUT2D eigenvalue weighted by Crippen LogP contribution is 2.20. The maximum Gasteiger partial charge on any atom is 0.340 e. The van der Waals surface area contributed by atoms with Gasteiger partial charge in [0.2, 0.25) is 0 Å². The fourth-order valence-electron chi connectivity index (χ4n) is 2.63. The summed E-state index contributed by atoms with van der Waals surface area (Å²) in [5.41, 5.74) is 1.60. The molecule has 1 amide bonds.